The van der Waals surface area contributed by atoms with E-state index in [-0.39, 0.29) is 17.6 Å². The summed E-state index contributed by atoms with van der Waals surface area (Å²) in [5, 5.41) is 11.0. The monoisotopic (exact) mass is 260 g/mol. The van der Waals surface area contributed by atoms with Gasteiger partial charge in [0.15, 0.2) is 0 Å². The van der Waals surface area contributed by atoms with E-state index in [2.05, 4.69) is 15.3 Å². The molecule has 1 aromatic rings. The quantitative estimate of drug-likeness (QED) is 0.747. The second kappa shape index (κ2) is 5.43. The Morgan fingerprint density at radius 2 is 2.00 bits per heavy atom. The van der Waals surface area contributed by atoms with Gasteiger partial charge in [0.1, 0.15) is 24.1 Å². The van der Waals surface area contributed by atoms with Gasteiger partial charge in [-0.3, -0.25) is 0 Å². The Morgan fingerprint density at radius 3 is 2.50 bits per heavy atom. The van der Waals surface area contributed by atoms with Gasteiger partial charge in [-0.25, -0.2) is 18.7 Å². The van der Waals surface area contributed by atoms with Crippen molar-refractivity contribution in [1.82, 2.24) is 9.97 Å². The maximum atomic E-state index is 12.9. The lowest BCUT2D eigenvalue weighted by Crippen LogP contribution is -2.31. The first-order chi connectivity index (χ1) is 8.26. The molecule has 0 aliphatic rings. The summed E-state index contributed by atoms with van der Waals surface area (Å²) in [6, 6.07) is 0. The van der Waals surface area contributed by atoms with Crippen LogP contribution in [0, 0.1) is 6.92 Å². The van der Waals surface area contributed by atoms with Crippen molar-refractivity contribution in [2.45, 2.75) is 32.6 Å². The lowest BCUT2D eigenvalue weighted by Gasteiger charge is -2.17. The van der Waals surface area contributed by atoms with Crippen LogP contribution in [0.5, 0.6) is 0 Å². The molecule has 0 unspecified atom stereocenters. The van der Waals surface area contributed by atoms with Crippen LogP contribution in [0.2, 0.25) is 0 Å². The molecule has 0 spiro atoms. The number of aliphatic hydroxyl groups is 1. The normalized spacial score (nSPS) is 11.9. The molecule has 0 aromatic carbocycles. The van der Waals surface area contributed by atoms with E-state index < -0.39 is 19.1 Å². The molecule has 0 saturated carbocycles. The molecule has 5 nitrogen and oxygen atoms in total. The maximum absolute atomic E-state index is 12.9. The Kier molecular flexibility index (Phi) is 4.39. The smallest absolute Gasteiger partial charge is 0.287 e. The van der Waals surface area contributed by atoms with E-state index >= 15 is 0 Å². The third-order valence-corrected chi connectivity index (χ3v) is 2.46. The van der Waals surface area contributed by atoms with Crippen molar-refractivity contribution in [3.8, 4) is 0 Å². The van der Waals surface area contributed by atoms with Gasteiger partial charge in [0.25, 0.3) is 5.92 Å². The second-order valence-electron chi connectivity index (χ2n) is 4.46. The Morgan fingerprint density at radius 1 is 1.39 bits per heavy atom. The molecule has 0 amide bonds. The number of nitrogens with one attached hydrogen (secondary N) is 1. The van der Waals surface area contributed by atoms with Crippen LogP contribution < -0.4 is 11.1 Å². The van der Waals surface area contributed by atoms with Crippen molar-refractivity contribution in [3.05, 3.63) is 11.4 Å². The average Bonchev–Trinajstić information content (AvgIpc) is 2.30. The molecule has 1 rings (SSSR count). The molecule has 0 aliphatic heterocycles. The van der Waals surface area contributed by atoms with Crippen LogP contribution in [0.1, 0.15) is 31.2 Å². The number of hydrogen-bond acceptors (Lipinski definition) is 5. The van der Waals surface area contributed by atoms with Crippen LogP contribution in [0.25, 0.3) is 0 Å². The maximum Gasteiger partial charge on any atom is 0.287 e. The van der Waals surface area contributed by atoms with Crippen molar-refractivity contribution in [2.75, 3.05) is 24.2 Å². The summed E-state index contributed by atoms with van der Waals surface area (Å²) in [5.74, 6) is -2.10. The number of hydrogen-bond donors (Lipinski definition) is 3. The van der Waals surface area contributed by atoms with Crippen LogP contribution in [-0.2, 0) is 0 Å². The van der Waals surface area contributed by atoms with Gasteiger partial charge in [0.05, 0.1) is 6.54 Å². The molecule has 0 saturated heterocycles. The van der Waals surface area contributed by atoms with E-state index in [4.69, 9.17) is 10.8 Å². The SMILES string of the molecule is Cc1c(N)nc(C(C)C)nc1NCC(F)(F)CO. The Hall–Kier alpha value is -1.50. The summed E-state index contributed by atoms with van der Waals surface area (Å²) in [6.07, 6.45) is 0. The van der Waals surface area contributed by atoms with Gasteiger partial charge >= 0.3 is 0 Å². The first kappa shape index (κ1) is 14.6. The highest BCUT2D eigenvalue weighted by molar-refractivity contribution is 5.55. The molecule has 0 atom stereocenters. The summed E-state index contributed by atoms with van der Waals surface area (Å²) >= 11 is 0. The predicted octanol–water partition coefficient (Wildman–Crippen LogP) is 1.53. The van der Waals surface area contributed by atoms with E-state index in [1.807, 2.05) is 13.8 Å². The first-order valence-corrected chi connectivity index (χ1v) is 5.63. The highest BCUT2D eigenvalue weighted by Gasteiger charge is 2.28. The zero-order valence-electron chi connectivity index (χ0n) is 10.7. The topological polar surface area (TPSA) is 84.1 Å². The Balaban J connectivity index is 2.94. The number of alkyl halides is 2. The lowest BCUT2D eigenvalue weighted by atomic mass is 10.2. The van der Waals surface area contributed by atoms with Gasteiger partial charge in [0.2, 0.25) is 0 Å². The highest BCUT2D eigenvalue weighted by Crippen LogP contribution is 2.22. The molecule has 1 heterocycles. The number of rotatable bonds is 5. The van der Waals surface area contributed by atoms with Crippen molar-refractivity contribution in [2.24, 2.45) is 0 Å². The zero-order valence-corrected chi connectivity index (χ0v) is 10.7. The van der Waals surface area contributed by atoms with Crippen LogP contribution in [0.4, 0.5) is 20.4 Å². The van der Waals surface area contributed by atoms with E-state index in [0.29, 0.717) is 11.4 Å². The second-order valence-corrected chi connectivity index (χ2v) is 4.46. The minimum atomic E-state index is -3.19. The van der Waals surface area contributed by atoms with Gasteiger partial charge in [-0.15, -0.1) is 0 Å². The molecule has 0 fully saturated rings. The predicted molar refractivity (Wildman–Crippen MR) is 65.8 cm³/mol. The number of aromatic nitrogens is 2. The average molecular weight is 260 g/mol. The first-order valence-electron chi connectivity index (χ1n) is 5.63. The summed E-state index contributed by atoms with van der Waals surface area (Å²) in [6.45, 7) is 3.51. The molecule has 7 heteroatoms. The molecule has 1 aromatic heterocycles. The van der Waals surface area contributed by atoms with Crippen molar-refractivity contribution in [1.29, 1.82) is 0 Å². The largest absolute Gasteiger partial charge is 0.390 e. The third kappa shape index (κ3) is 3.49. The zero-order chi connectivity index (χ0) is 13.9. The van der Waals surface area contributed by atoms with E-state index in [1.54, 1.807) is 6.92 Å². The molecule has 4 N–H and O–H groups in total. The number of anilines is 2. The summed E-state index contributed by atoms with van der Waals surface area (Å²) < 4.78 is 25.9. The molecule has 0 aliphatic carbocycles. The summed E-state index contributed by atoms with van der Waals surface area (Å²) in [4.78, 5) is 8.24. The van der Waals surface area contributed by atoms with Gasteiger partial charge in [0, 0.05) is 11.5 Å². The van der Waals surface area contributed by atoms with E-state index in [1.165, 1.54) is 0 Å². The van der Waals surface area contributed by atoms with Crippen LogP contribution in [0.15, 0.2) is 0 Å². The molecule has 0 bridgehead atoms. The van der Waals surface area contributed by atoms with Crippen LogP contribution in [-0.4, -0.2) is 34.1 Å². The Bertz CT molecular complexity index is 424. The fraction of sp³-hybridized carbons (Fsp3) is 0.636. The lowest BCUT2D eigenvalue weighted by molar-refractivity contribution is -0.0373. The molecular weight excluding hydrogens is 242 g/mol. The van der Waals surface area contributed by atoms with E-state index in [9.17, 15) is 8.78 Å². The minimum Gasteiger partial charge on any atom is -0.390 e. The number of aliphatic hydroxyl groups excluding tert-OH is 1. The standard InChI is InChI=1S/C11H18F2N4O/c1-6(2)9-16-8(14)7(3)10(17-9)15-4-11(12,13)5-18/h6,18H,4-5H2,1-3H3,(H3,14,15,16,17). The Labute approximate surface area is 104 Å². The summed E-state index contributed by atoms with van der Waals surface area (Å²) in [5.41, 5.74) is 6.22. The van der Waals surface area contributed by atoms with E-state index in [0.717, 1.165) is 0 Å². The van der Waals surface area contributed by atoms with Crippen molar-refractivity contribution < 1.29 is 13.9 Å². The van der Waals surface area contributed by atoms with Crippen molar-refractivity contribution in [3.63, 3.8) is 0 Å². The molecule has 102 valence electrons. The van der Waals surface area contributed by atoms with Gasteiger partial charge < -0.3 is 16.2 Å². The molecule has 18 heavy (non-hydrogen) atoms. The number of nitrogens with two attached hydrogens (primary N) is 1. The van der Waals surface area contributed by atoms with Gasteiger partial charge in [-0.05, 0) is 6.92 Å². The summed E-state index contributed by atoms with van der Waals surface area (Å²) in [7, 11) is 0. The van der Waals surface area contributed by atoms with Gasteiger partial charge in [-0.1, -0.05) is 13.8 Å². The highest BCUT2D eigenvalue weighted by atomic mass is 19.3. The van der Waals surface area contributed by atoms with Crippen LogP contribution >= 0.6 is 0 Å². The fourth-order valence-corrected chi connectivity index (χ4v) is 1.25. The van der Waals surface area contributed by atoms with Crippen LogP contribution in [0.3, 0.4) is 0 Å². The number of halogens is 2. The fourth-order valence-electron chi connectivity index (χ4n) is 1.25. The molecule has 0 radical (unpaired) electrons. The molecular formula is C11H18F2N4O. The number of nitrogens with zero attached hydrogens (tertiary/aromatic N) is 2. The third-order valence-electron chi connectivity index (χ3n) is 2.46. The van der Waals surface area contributed by atoms with Gasteiger partial charge in [-0.2, -0.15) is 0 Å². The minimum absolute atomic E-state index is 0.0480. The van der Waals surface area contributed by atoms with Crippen molar-refractivity contribution >= 4 is 11.6 Å². The number of nitrogen functional groups attached to an aromatic ring is 1.